The van der Waals surface area contributed by atoms with Crippen LogP contribution in [-0.4, -0.2) is 18.9 Å². The molecule has 3 heterocycles. The van der Waals surface area contributed by atoms with E-state index in [0.29, 0.717) is 0 Å². The van der Waals surface area contributed by atoms with Gasteiger partial charge in [-0.25, -0.2) is 9.97 Å². The van der Waals surface area contributed by atoms with Gasteiger partial charge in [0.1, 0.15) is 11.5 Å². The van der Waals surface area contributed by atoms with Gasteiger partial charge >= 0.3 is 0 Å². The number of nitrogens with zero attached hydrogens (tertiary/aromatic N) is 4. The average molecular weight is 713 g/mol. The molecule has 0 amide bonds. The summed E-state index contributed by atoms with van der Waals surface area (Å²) in [7, 11) is 0. The molecule has 0 radical (unpaired) electrons. The number of benzene rings is 9. The van der Waals surface area contributed by atoms with Gasteiger partial charge in [0.2, 0.25) is 0 Å². The smallest absolute Gasteiger partial charge is 0.146 e. The van der Waals surface area contributed by atoms with Crippen molar-refractivity contribution in [2.24, 2.45) is 0 Å². The topological polar surface area (TPSA) is 35.1 Å². The van der Waals surface area contributed by atoms with Crippen molar-refractivity contribution in [2.75, 3.05) is 0 Å². The molecule has 0 N–H and O–H groups in total. The van der Waals surface area contributed by atoms with Crippen LogP contribution in [0.3, 0.4) is 0 Å². The van der Waals surface area contributed by atoms with Gasteiger partial charge in [0.25, 0.3) is 0 Å². The number of rotatable bonds is 4. The number of pyridine rings is 1. The van der Waals surface area contributed by atoms with Gasteiger partial charge in [0.05, 0.1) is 27.6 Å². The maximum Gasteiger partial charge on any atom is 0.146 e. The number of hydrogen-bond donors (Lipinski definition) is 0. The summed E-state index contributed by atoms with van der Waals surface area (Å²) in [5.74, 6) is 0.923. The molecule has 4 heteroatoms. The van der Waals surface area contributed by atoms with Crippen LogP contribution >= 0.6 is 0 Å². The first kappa shape index (κ1) is 30.9. The van der Waals surface area contributed by atoms with Crippen molar-refractivity contribution in [1.82, 2.24) is 18.9 Å². The lowest BCUT2D eigenvalue weighted by Gasteiger charge is -2.19. The van der Waals surface area contributed by atoms with Crippen LogP contribution in [-0.2, 0) is 0 Å². The van der Waals surface area contributed by atoms with E-state index in [4.69, 9.17) is 9.97 Å². The molecule has 3 aromatic heterocycles. The second-order valence-electron chi connectivity index (χ2n) is 14.6. The van der Waals surface area contributed by atoms with Crippen LogP contribution in [0, 0.1) is 0 Å². The monoisotopic (exact) mass is 712 g/mol. The average Bonchev–Trinajstić information content (AvgIpc) is 3.86. The molecule has 0 unspecified atom stereocenters. The fourth-order valence-corrected chi connectivity index (χ4v) is 9.09. The molecule has 4 nitrogen and oxygen atoms in total. The van der Waals surface area contributed by atoms with Crippen LogP contribution in [0.2, 0.25) is 0 Å². The molecule has 0 saturated carbocycles. The molecule has 0 aliphatic rings. The maximum atomic E-state index is 5.21. The first-order valence-electron chi connectivity index (χ1n) is 19.1. The Morgan fingerprint density at radius 3 is 1.55 bits per heavy atom. The standard InChI is InChI=1S/C52H32N4/c1-2-17-36(18-3-1)55-46-27-12-10-25-44(46)53-51(55)35-16-14-15-33(31-35)49-39-20-5-7-22-41(39)50(42-23-8-6-21-40(42)49)34-29-30-38-37-19-4-9-24-43(37)52-54-45-26-11-13-28-47(45)56(52)48(38)32-34/h1-32H. The minimum absolute atomic E-state index is 0.923. The summed E-state index contributed by atoms with van der Waals surface area (Å²) in [5.41, 5.74) is 13.2. The lowest BCUT2D eigenvalue weighted by molar-refractivity contribution is 1.10. The Kier molecular flexibility index (Phi) is 6.60. The normalized spacial score (nSPS) is 11.9. The highest BCUT2D eigenvalue weighted by molar-refractivity contribution is 6.22. The Labute approximate surface area is 322 Å². The highest BCUT2D eigenvalue weighted by Gasteiger charge is 2.20. The SMILES string of the molecule is c1ccc(-n2c(-c3cccc(-c4c5ccccc5c(-c5ccc6c7ccccc7c7nc8ccccc8n7c6c5)c5ccccc45)c3)nc3ccccc32)cc1. The molecule has 0 aliphatic carbocycles. The van der Waals surface area contributed by atoms with Gasteiger partial charge in [-0.15, -0.1) is 0 Å². The Morgan fingerprint density at radius 2 is 0.857 bits per heavy atom. The molecule has 260 valence electrons. The zero-order valence-corrected chi connectivity index (χ0v) is 30.3. The van der Waals surface area contributed by atoms with Crippen LogP contribution in [0.25, 0.3) is 110 Å². The highest BCUT2D eigenvalue weighted by atomic mass is 15.1. The van der Waals surface area contributed by atoms with Gasteiger partial charge in [-0.2, -0.15) is 0 Å². The lowest BCUT2D eigenvalue weighted by atomic mass is 9.85. The summed E-state index contributed by atoms with van der Waals surface area (Å²) in [5, 5.41) is 8.44. The van der Waals surface area contributed by atoms with Gasteiger partial charge < -0.3 is 0 Å². The van der Waals surface area contributed by atoms with Crippen molar-refractivity contribution in [2.45, 2.75) is 0 Å². The lowest BCUT2D eigenvalue weighted by Crippen LogP contribution is -1.97. The first-order valence-corrected chi connectivity index (χ1v) is 19.1. The first-order chi connectivity index (χ1) is 27.8. The van der Waals surface area contributed by atoms with Crippen LogP contribution < -0.4 is 0 Å². The maximum absolute atomic E-state index is 5.21. The zero-order valence-electron chi connectivity index (χ0n) is 30.3. The Balaban J connectivity index is 1.12. The van der Waals surface area contributed by atoms with E-state index in [9.17, 15) is 0 Å². The third-order valence-corrected chi connectivity index (χ3v) is 11.5. The largest absolute Gasteiger partial charge is 0.292 e. The van der Waals surface area contributed by atoms with E-state index < -0.39 is 0 Å². The highest BCUT2D eigenvalue weighted by Crippen LogP contribution is 2.45. The number of fused-ring (bicyclic) bond motifs is 11. The molecule has 12 aromatic rings. The summed E-state index contributed by atoms with van der Waals surface area (Å²) >= 11 is 0. The van der Waals surface area contributed by atoms with Crippen molar-refractivity contribution < 1.29 is 0 Å². The van der Waals surface area contributed by atoms with E-state index in [2.05, 4.69) is 203 Å². The van der Waals surface area contributed by atoms with Gasteiger partial charge in [-0.3, -0.25) is 8.97 Å². The molecule has 0 saturated heterocycles. The van der Waals surface area contributed by atoms with Crippen molar-refractivity contribution >= 4 is 70.9 Å². The third-order valence-electron chi connectivity index (χ3n) is 11.5. The van der Waals surface area contributed by atoms with E-state index in [1.54, 1.807) is 0 Å². The van der Waals surface area contributed by atoms with E-state index >= 15 is 0 Å². The van der Waals surface area contributed by atoms with E-state index in [0.717, 1.165) is 61.3 Å². The molecule has 12 rings (SSSR count). The Morgan fingerprint density at radius 1 is 0.321 bits per heavy atom. The zero-order chi connectivity index (χ0) is 36.7. The molecule has 9 aromatic carbocycles. The minimum atomic E-state index is 0.923. The van der Waals surface area contributed by atoms with Crippen LogP contribution in [0.1, 0.15) is 0 Å². The second kappa shape index (κ2) is 12.0. The molecular formula is C52H32N4. The molecule has 0 atom stereocenters. The molecular weight excluding hydrogens is 681 g/mol. The van der Waals surface area contributed by atoms with E-state index in [1.807, 2.05) is 0 Å². The number of aromatic nitrogens is 4. The van der Waals surface area contributed by atoms with Gasteiger partial charge in [-0.05, 0) is 97.7 Å². The van der Waals surface area contributed by atoms with Gasteiger partial charge in [0, 0.05) is 22.0 Å². The Bertz CT molecular complexity index is 3480. The quantitative estimate of drug-likeness (QED) is 0.134. The summed E-state index contributed by atoms with van der Waals surface area (Å²) in [4.78, 5) is 10.4. The third kappa shape index (κ3) is 4.47. The molecule has 0 spiro atoms. The number of para-hydroxylation sites is 5. The van der Waals surface area contributed by atoms with Crippen molar-refractivity contribution in [3.8, 4) is 39.3 Å². The van der Waals surface area contributed by atoms with Crippen LogP contribution in [0.15, 0.2) is 194 Å². The summed E-state index contributed by atoms with van der Waals surface area (Å²) in [6, 6.07) is 69.7. The van der Waals surface area contributed by atoms with Gasteiger partial charge in [-0.1, -0.05) is 146 Å². The number of hydrogen-bond acceptors (Lipinski definition) is 2. The summed E-state index contributed by atoms with van der Waals surface area (Å²) < 4.78 is 4.63. The van der Waals surface area contributed by atoms with Gasteiger partial charge in [0.15, 0.2) is 0 Å². The van der Waals surface area contributed by atoms with E-state index in [-0.39, 0.29) is 0 Å². The van der Waals surface area contributed by atoms with Crippen LogP contribution in [0.5, 0.6) is 0 Å². The molecule has 56 heavy (non-hydrogen) atoms. The van der Waals surface area contributed by atoms with Crippen molar-refractivity contribution in [3.05, 3.63) is 194 Å². The van der Waals surface area contributed by atoms with E-state index in [1.165, 1.54) is 49.0 Å². The van der Waals surface area contributed by atoms with Crippen LogP contribution in [0.4, 0.5) is 0 Å². The van der Waals surface area contributed by atoms with Crippen molar-refractivity contribution in [1.29, 1.82) is 0 Å². The van der Waals surface area contributed by atoms with Crippen molar-refractivity contribution in [3.63, 3.8) is 0 Å². The molecule has 0 aliphatic heterocycles. The summed E-state index contributed by atoms with van der Waals surface area (Å²) in [6.45, 7) is 0. The second-order valence-corrected chi connectivity index (χ2v) is 14.6. The predicted octanol–water partition coefficient (Wildman–Crippen LogP) is 13.4. The molecule has 0 bridgehead atoms. The predicted molar refractivity (Wildman–Crippen MR) is 234 cm³/mol. The summed E-state index contributed by atoms with van der Waals surface area (Å²) in [6.07, 6.45) is 0. The Hall–Kier alpha value is -7.56. The fraction of sp³-hybridized carbons (Fsp3) is 0. The minimum Gasteiger partial charge on any atom is -0.292 e. The fourth-order valence-electron chi connectivity index (χ4n) is 9.09. The molecule has 0 fully saturated rings. The number of imidazole rings is 2.